The average molecular weight is 366 g/mol. The first-order valence-electron chi connectivity index (χ1n) is 6.83. The van der Waals surface area contributed by atoms with Gasteiger partial charge in [0, 0.05) is 22.3 Å². The number of nitrogens with one attached hydrogen (secondary N) is 1. The Morgan fingerprint density at radius 2 is 2.24 bits per heavy atom. The molecule has 3 heterocycles. The van der Waals surface area contributed by atoms with Gasteiger partial charge in [-0.2, -0.15) is 0 Å². The van der Waals surface area contributed by atoms with Crippen molar-refractivity contribution in [1.29, 1.82) is 0 Å². The summed E-state index contributed by atoms with van der Waals surface area (Å²) < 4.78 is 19.5. The molecule has 0 saturated heterocycles. The lowest BCUT2D eigenvalue weighted by Crippen LogP contribution is -2.27. The zero-order valence-corrected chi connectivity index (χ0v) is 13.6. The van der Waals surface area contributed by atoms with Crippen molar-refractivity contribution in [3.8, 4) is 0 Å². The molecule has 108 valence electrons. The molecule has 0 saturated carbocycles. The zero-order chi connectivity index (χ0) is 14.4. The molecule has 0 bridgehead atoms. The fraction of sp³-hybridized carbons (Fsp3) is 0.250. The number of rotatable bonds is 1. The van der Waals surface area contributed by atoms with E-state index in [1.807, 2.05) is 30.0 Å². The van der Waals surface area contributed by atoms with Crippen LogP contribution in [0.15, 0.2) is 56.9 Å². The highest BCUT2D eigenvalue weighted by Crippen LogP contribution is 2.49. The van der Waals surface area contributed by atoms with Gasteiger partial charge >= 0.3 is 0 Å². The van der Waals surface area contributed by atoms with Crippen LogP contribution in [0, 0.1) is 5.82 Å². The van der Waals surface area contributed by atoms with Gasteiger partial charge in [-0.05, 0) is 51.7 Å². The zero-order valence-electron chi connectivity index (χ0n) is 11.2. The SMILES string of the molecule is Fc1ccc(C2C3=C(COC=C3)NC3=C2SCC3)cc1Br. The minimum atomic E-state index is -0.224. The van der Waals surface area contributed by atoms with Crippen LogP contribution in [0.5, 0.6) is 0 Å². The van der Waals surface area contributed by atoms with E-state index in [0.29, 0.717) is 11.1 Å². The summed E-state index contributed by atoms with van der Waals surface area (Å²) in [5.74, 6) is 1.06. The molecule has 1 aromatic rings. The molecule has 1 N–H and O–H groups in total. The Hall–Kier alpha value is -1.20. The van der Waals surface area contributed by atoms with E-state index in [4.69, 9.17) is 4.74 Å². The molecule has 0 aromatic heterocycles. The quantitative estimate of drug-likeness (QED) is 0.795. The predicted octanol–water partition coefficient (Wildman–Crippen LogP) is 4.42. The summed E-state index contributed by atoms with van der Waals surface area (Å²) >= 11 is 5.20. The molecule has 1 atom stereocenters. The summed E-state index contributed by atoms with van der Waals surface area (Å²) in [5, 5.41) is 3.52. The van der Waals surface area contributed by atoms with Gasteiger partial charge in [-0.1, -0.05) is 6.07 Å². The Kier molecular flexibility index (Phi) is 3.34. The molecule has 4 rings (SSSR count). The van der Waals surface area contributed by atoms with Crippen LogP contribution in [0.4, 0.5) is 4.39 Å². The number of dihydropyridines is 1. The van der Waals surface area contributed by atoms with Gasteiger partial charge in [0.2, 0.25) is 0 Å². The number of hydrogen-bond donors (Lipinski definition) is 1. The van der Waals surface area contributed by atoms with Crippen molar-refractivity contribution in [2.45, 2.75) is 12.3 Å². The Morgan fingerprint density at radius 1 is 1.33 bits per heavy atom. The predicted molar refractivity (Wildman–Crippen MR) is 86.2 cm³/mol. The molecule has 1 unspecified atom stereocenters. The molecule has 2 nitrogen and oxygen atoms in total. The molecule has 0 amide bonds. The van der Waals surface area contributed by atoms with Crippen LogP contribution in [0.2, 0.25) is 0 Å². The maximum atomic E-state index is 13.5. The Morgan fingerprint density at radius 3 is 3.10 bits per heavy atom. The summed E-state index contributed by atoms with van der Waals surface area (Å²) in [6.07, 6.45) is 4.83. The first kappa shape index (κ1) is 13.5. The summed E-state index contributed by atoms with van der Waals surface area (Å²) in [6, 6.07) is 5.31. The highest BCUT2D eigenvalue weighted by atomic mass is 79.9. The molecule has 5 heteroatoms. The molecule has 0 aliphatic carbocycles. The van der Waals surface area contributed by atoms with Crippen molar-refractivity contribution < 1.29 is 9.13 Å². The molecule has 0 fully saturated rings. The third-order valence-corrected chi connectivity index (χ3v) is 5.79. The van der Waals surface area contributed by atoms with Gasteiger partial charge in [0.15, 0.2) is 0 Å². The fourth-order valence-electron chi connectivity index (χ4n) is 3.02. The maximum Gasteiger partial charge on any atom is 0.137 e. The summed E-state index contributed by atoms with van der Waals surface area (Å²) in [7, 11) is 0. The van der Waals surface area contributed by atoms with Crippen LogP contribution in [0.1, 0.15) is 17.9 Å². The van der Waals surface area contributed by atoms with Gasteiger partial charge in [0.05, 0.1) is 16.4 Å². The summed E-state index contributed by atoms with van der Waals surface area (Å²) in [6.45, 7) is 0.576. The lowest BCUT2D eigenvalue weighted by Gasteiger charge is -2.31. The normalized spacial score (nSPS) is 23.6. The molecule has 3 aliphatic rings. The Balaban J connectivity index is 1.85. The smallest absolute Gasteiger partial charge is 0.137 e. The highest BCUT2D eigenvalue weighted by Gasteiger charge is 2.34. The number of ether oxygens (including phenoxy) is 1. The second kappa shape index (κ2) is 5.21. The van der Waals surface area contributed by atoms with Gasteiger partial charge in [-0.15, -0.1) is 11.8 Å². The summed E-state index contributed by atoms with van der Waals surface area (Å²) in [4.78, 5) is 1.36. The number of benzene rings is 1. The minimum Gasteiger partial charge on any atom is -0.495 e. The van der Waals surface area contributed by atoms with E-state index in [1.54, 1.807) is 6.26 Å². The van der Waals surface area contributed by atoms with Crippen LogP contribution in [-0.4, -0.2) is 12.4 Å². The van der Waals surface area contributed by atoms with E-state index in [9.17, 15) is 4.39 Å². The summed E-state index contributed by atoms with van der Waals surface area (Å²) in [5.41, 5.74) is 4.77. The number of halogens is 2. The second-order valence-electron chi connectivity index (χ2n) is 5.22. The van der Waals surface area contributed by atoms with E-state index in [1.165, 1.54) is 22.2 Å². The van der Waals surface area contributed by atoms with Crippen molar-refractivity contribution in [2.75, 3.05) is 12.4 Å². The van der Waals surface area contributed by atoms with E-state index in [2.05, 4.69) is 21.2 Å². The van der Waals surface area contributed by atoms with Crippen molar-refractivity contribution in [3.63, 3.8) is 0 Å². The van der Waals surface area contributed by atoms with Crippen LogP contribution < -0.4 is 5.32 Å². The number of allylic oxidation sites excluding steroid dienone is 4. The lowest BCUT2D eigenvalue weighted by atomic mass is 9.85. The lowest BCUT2D eigenvalue weighted by molar-refractivity contribution is 0.266. The number of hydrogen-bond acceptors (Lipinski definition) is 3. The Labute approximate surface area is 135 Å². The van der Waals surface area contributed by atoms with Crippen molar-refractivity contribution in [3.05, 3.63) is 68.3 Å². The van der Waals surface area contributed by atoms with E-state index in [-0.39, 0.29) is 11.7 Å². The van der Waals surface area contributed by atoms with Crippen LogP contribution in [0.25, 0.3) is 0 Å². The van der Waals surface area contributed by atoms with Gasteiger partial charge in [-0.3, -0.25) is 0 Å². The van der Waals surface area contributed by atoms with Gasteiger partial charge in [0.25, 0.3) is 0 Å². The largest absolute Gasteiger partial charge is 0.495 e. The van der Waals surface area contributed by atoms with Crippen LogP contribution in [-0.2, 0) is 4.74 Å². The third-order valence-electron chi connectivity index (χ3n) is 3.98. The highest BCUT2D eigenvalue weighted by molar-refractivity contribution is 9.10. The average Bonchev–Trinajstić information content (AvgIpc) is 2.95. The van der Waals surface area contributed by atoms with Crippen LogP contribution >= 0.6 is 27.7 Å². The van der Waals surface area contributed by atoms with E-state index >= 15 is 0 Å². The van der Waals surface area contributed by atoms with Gasteiger partial charge < -0.3 is 10.1 Å². The Bertz CT molecular complexity index is 710. The first-order valence-corrected chi connectivity index (χ1v) is 8.61. The van der Waals surface area contributed by atoms with Gasteiger partial charge in [0.1, 0.15) is 12.4 Å². The van der Waals surface area contributed by atoms with E-state index < -0.39 is 0 Å². The third kappa shape index (κ3) is 2.23. The number of thioether (sulfide) groups is 1. The molecule has 0 radical (unpaired) electrons. The standard InChI is InChI=1S/C16H13BrFNOS/c17-11-7-9(1-2-12(11)18)15-10-3-5-20-8-14(10)19-13-4-6-21-16(13)15/h1-3,5,7,15,19H,4,6,8H2. The molecular formula is C16H13BrFNOS. The first-order chi connectivity index (χ1) is 10.2. The molecule has 0 spiro atoms. The topological polar surface area (TPSA) is 21.3 Å². The monoisotopic (exact) mass is 365 g/mol. The molecule has 21 heavy (non-hydrogen) atoms. The molecule has 3 aliphatic heterocycles. The van der Waals surface area contributed by atoms with Crippen molar-refractivity contribution >= 4 is 27.7 Å². The van der Waals surface area contributed by atoms with Crippen molar-refractivity contribution in [1.82, 2.24) is 5.32 Å². The maximum absolute atomic E-state index is 13.5. The van der Waals surface area contributed by atoms with Crippen molar-refractivity contribution in [2.24, 2.45) is 0 Å². The minimum absolute atomic E-state index is 0.181. The molecular weight excluding hydrogens is 353 g/mol. The fourth-order valence-corrected chi connectivity index (χ4v) is 4.70. The van der Waals surface area contributed by atoms with Gasteiger partial charge in [-0.25, -0.2) is 4.39 Å². The molecule has 1 aromatic carbocycles. The second-order valence-corrected chi connectivity index (χ2v) is 7.21. The van der Waals surface area contributed by atoms with Crippen LogP contribution in [0.3, 0.4) is 0 Å². The van der Waals surface area contributed by atoms with E-state index in [0.717, 1.165) is 23.4 Å².